The number of pyridine rings is 1. The minimum Gasteiger partial charge on any atom is -0.479 e. The van der Waals surface area contributed by atoms with E-state index in [-0.39, 0.29) is 10.5 Å². The Balaban J connectivity index is 1.76. The van der Waals surface area contributed by atoms with Crippen molar-refractivity contribution >= 4 is 36.5 Å². The van der Waals surface area contributed by atoms with Crippen molar-refractivity contribution in [3.8, 4) is 11.1 Å². The van der Waals surface area contributed by atoms with E-state index < -0.39 is 43.0 Å². The smallest absolute Gasteiger partial charge is 0.346 e. The first-order valence-corrected chi connectivity index (χ1v) is 15.9. The van der Waals surface area contributed by atoms with Crippen LogP contribution in [0.1, 0.15) is 23.6 Å². The molecule has 1 heterocycles. The summed E-state index contributed by atoms with van der Waals surface area (Å²) in [5, 5.41) is 10.1. The average molecular weight is 570 g/mol. The van der Waals surface area contributed by atoms with Gasteiger partial charge >= 0.3 is 5.97 Å². The third-order valence-corrected chi connectivity index (χ3v) is 9.54. The summed E-state index contributed by atoms with van der Waals surface area (Å²) in [6.07, 6.45) is 3.66. The van der Waals surface area contributed by atoms with Gasteiger partial charge in [-0.25, -0.2) is 26.0 Å². The maximum atomic E-state index is 16.0. The Bertz CT molecular complexity index is 1770. The lowest BCUT2D eigenvalue weighted by atomic mass is 9.87. The summed E-state index contributed by atoms with van der Waals surface area (Å²) < 4.78 is 63.7. The van der Waals surface area contributed by atoms with Gasteiger partial charge in [-0.3, -0.25) is 4.98 Å². The lowest BCUT2D eigenvalue weighted by Gasteiger charge is -2.22. The SMILES string of the molecule is CC(Cc1cc(-c2cccc(CC(F)(C(=O)O)c3ccc(S(C)(=O)=O)cc3)c2)c2ncccc2c1)S(C)(=O)=O. The number of benzene rings is 3. The summed E-state index contributed by atoms with van der Waals surface area (Å²) in [7, 11) is -6.78. The molecule has 2 atom stereocenters. The Labute approximate surface area is 227 Å². The van der Waals surface area contributed by atoms with E-state index >= 15 is 4.39 Å². The molecule has 4 rings (SSSR count). The Morgan fingerprint density at radius 1 is 0.949 bits per heavy atom. The monoisotopic (exact) mass is 569 g/mol. The Hall–Kier alpha value is -3.63. The van der Waals surface area contributed by atoms with Crippen molar-refractivity contribution in [3.05, 3.63) is 95.7 Å². The van der Waals surface area contributed by atoms with Gasteiger partial charge in [-0.2, -0.15) is 0 Å². The van der Waals surface area contributed by atoms with E-state index in [4.69, 9.17) is 0 Å². The highest BCUT2D eigenvalue weighted by molar-refractivity contribution is 7.91. The summed E-state index contributed by atoms with van der Waals surface area (Å²) >= 11 is 0. The fourth-order valence-electron chi connectivity index (χ4n) is 4.47. The third-order valence-electron chi connectivity index (χ3n) is 6.78. The molecule has 0 saturated carbocycles. The molecule has 10 heteroatoms. The van der Waals surface area contributed by atoms with Crippen LogP contribution in [0.15, 0.2) is 83.9 Å². The van der Waals surface area contributed by atoms with Crippen LogP contribution in [0.5, 0.6) is 0 Å². The Morgan fingerprint density at radius 3 is 2.26 bits per heavy atom. The predicted molar refractivity (Wildman–Crippen MR) is 149 cm³/mol. The highest BCUT2D eigenvalue weighted by atomic mass is 32.2. The average Bonchev–Trinajstić information content (AvgIpc) is 2.87. The van der Waals surface area contributed by atoms with Crippen molar-refractivity contribution in [1.29, 1.82) is 0 Å². The lowest BCUT2D eigenvalue weighted by molar-refractivity contribution is -0.151. The lowest BCUT2D eigenvalue weighted by Crippen LogP contribution is -2.33. The van der Waals surface area contributed by atoms with Gasteiger partial charge in [0.2, 0.25) is 5.67 Å². The van der Waals surface area contributed by atoms with Gasteiger partial charge in [0.15, 0.2) is 9.84 Å². The molecule has 2 unspecified atom stereocenters. The molecule has 1 N–H and O–H groups in total. The van der Waals surface area contributed by atoms with E-state index in [9.17, 15) is 26.7 Å². The van der Waals surface area contributed by atoms with Crippen LogP contribution < -0.4 is 0 Å². The molecule has 0 aliphatic rings. The molecule has 0 spiro atoms. The number of fused-ring (bicyclic) bond motifs is 1. The van der Waals surface area contributed by atoms with Crippen molar-refractivity contribution in [2.24, 2.45) is 0 Å². The van der Waals surface area contributed by atoms with Crippen LogP contribution in [0.3, 0.4) is 0 Å². The number of carboxylic acids is 1. The number of carbonyl (C=O) groups is 1. The van der Waals surface area contributed by atoms with Gasteiger partial charge in [-0.15, -0.1) is 0 Å². The van der Waals surface area contributed by atoms with E-state index in [1.165, 1.54) is 30.5 Å². The third kappa shape index (κ3) is 6.17. The first-order chi connectivity index (χ1) is 18.2. The molecule has 3 aromatic carbocycles. The largest absolute Gasteiger partial charge is 0.479 e. The summed E-state index contributed by atoms with van der Waals surface area (Å²) in [6.45, 7) is 1.65. The fraction of sp³-hybridized carbons (Fsp3) is 0.241. The number of carboxylic acid groups (broad SMARTS) is 1. The molecule has 0 fully saturated rings. The van der Waals surface area contributed by atoms with E-state index in [0.29, 0.717) is 28.6 Å². The van der Waals surface area contributed by atoms with Crippen LogP contribution in [0.4, 0.5) is 4.39 Å². The van der Waals surface area contributed by atoms with Crippen molar-refractivity contribution in [1.82, 2.24) is 4.98 Å². The standard InChI is InChI=1S/C29H28FNO6S2/c1-19(38(2,34)35)14-21-16-23-8-5-13-31-27(23)26(17-21)22-7-4-6-20(15-22)18-29(30,28(32)33)24-9-11-25(12-10-24)39(3,36)37/h4-13,15-17,19H,14,18H2,1-3H3,(H,32,33). The normalized spacial score (nSPS) is 14.6. The van der Waals surface area contributed by atoms with Crippen molar-refractivity contribution in [2.75, 3.05) is 12.5 Å². The Kier molecular flexibility index (Phi) is 7.64. The predicted octanol–water partition coefficient (Wildman–Crippen LogP) is 4.77. The van der Waals surface area contributed by atoms with E-state index in [0.717, 1.165) is 17.2 Å². The van der Waals surface area contributed by atoms with Crippen molar-refractivity contribution < 1.29 is 31.1 Å². The fourth-order valence-corrected chi connectivity index (χ4v) is 5.60. The van der Waals surface area contributed by atoms with Crippen LogP contribution in [0.2, 0.25) is 0 Å². The topological polar surface area (TPSA) is 118 Å². The molecule has 4 aromatic rings. The summed E-state index contributed by atoms with van der Waals surface area (Å²) in [5.74, 6) is -1.69. The Morgan fingerprint density at radius 2 is 1.64 bits per heavy atom. The molecule has 0 aliphatic carbocycles. The van der Waals surface area contributed by atoms with Gasteiger partial charge in [0, 0.05) is 41.6 Å². The molecule has 0 aliphatic heterocycles. The van der Waals surface area contributed by atoms with Crippen LogP contribution in [-0.2, 0) is 43.0 Å². The molecule has 39 heavy (non-hydrogen) atoms. The van der Waals surface area contributed by atoms with Gasteiger partial charge in [0.05, 0.1) is 15.7 Å². The van der Waals surface area contributed by atoms with E-state index in [1.807, 2.05) is 18.2 Å². The molecule has 0 amide bonds. The van der Waals surface area contributed by atoms with Gasteiger partial charge in [0.25, 0.3) is 0 Å². The van der Waals surface area contributed by atoms with E-state index in [1.54, 1.807) is 43.5 Å². The second-order valence-electron chi connectivity index (χ2n) is 9.84. The summed E-state index contributed by atoms with van der Waals surface area (Å²) in [5.41, 5.74) is 0.284. The number of hydrogen-bond acceptors (Lipinski definition) is 6. The number of alkyl halides is 1. The second-order valence-corrected chi connectivity index (χ2v) is 14.3. The van der Waals surface area contributed by atoms with Crippen molar-refractivity contribution in [2.45, 2.75) is 35.6 Å². The summed E-state index contributed by atoms with van der Waals surface area (Å²) in [6, 6.07) is 19.0. The highest BCUT2D eigenvalue weighted by Gasteiger charge is 2.41. The molecular formula is C29H28FNO6S2. The molecule has 204 valence electrons. The van der Waals surface area contributed by atoms with Gasteiger partial charge in [-0.05, 0) is 60.4 Å². The number of aromatic nitrogens is 1. The zero-order valence-electron chi connectivity index (χ0n) is 21.6. The van der Waals surface area contributed by atoms with Crippen LogP contribution >= 0.6 is 0 Å². The number of rotatable bonds is 9. The minimum absolute atomic E-state index is 0.0366. The van der Waals surface area contributed by atoms with Crippen LogP contribution in [-0.4, -0.2) is 50.7 Å². The number of halogens is 1. The number of nitrogens with zero attached hydrogens (tertiary/aromatic N) is 1. The summed E-state index contributed by atoms with van der Waals surface area (Å²) in [4.78, 5) is 16.6. The molecule has 7 nitrogen and oxygen atoms in total. The molecule has 0 saturated heterocycles. The molecule has 0 radical (unpaired) electrons. The van der Waals surface area contributed by atoms with Gasteiger partial charge in [0.1, 0.15) is 9.84 Å². The van der Waals surface area contributed by atoms with Crippen LogP contribution in [0.25, 0.3) is 22.0 Å². The first-order valence-electron chi connectivity index (χ1n) is 12.1. The maximum Gasteiger partial charge on any atom is 0.346 e. The molecule has 0 bridgehead atoms. The first kappa shape index (κ1) is 28.4. The van der Waals surface area contributed by atoms with Crippen LogP contribution in [0, 0.1) is 0 Å². The molecule has 1 aromatic heterocycles. The van der Waals surface area contributed by atoms with Gasteiger partial charge < -0.3 is 5.11 Å². The highest BCUT2D eigenvalue weighted by Crippen LogP contribution is 2.35. The minimum atomic E-state index is -3.53. The maximum absolute atomic E-state index is 16.0. The van der Waals surface area contributed by atoms with Gasteiger partial charge in [-0.1, -0.05) is 42.5 Å². The second kappa shape index (κ2) is 10.5. The molecular weight excluding hydrogens is 541 g/mol. The zero-order chi connectivity index (χ0) is 28.6. The quantitative estimate of drug-likeness (QED) is 0.308. The number of aliphatic carboxylic acids is 1. The van der Waals surface area contributed by atoms with E-state index in [2.05, 4.69) is 4.98 Å². The zero-order valence-corrected chi connectivity index (χ0v) is 23.3. The number of hydrogen-bond donors (Lipinski definition) is 1. The number of sulfone groups is 2. The van der Waals surface area contributed by atoms with Crippen molar-refractivity contribution in [3.63, 3.8) is 0 Å².